The van der Waals surface area contributed by atoms with Crippen molar-refractivity contribution in [3.05, 3.63) is 0 Å². The standard InChI is InChI=1S/C20H43O3PS/c1-3-4-5-6-7-8-9-10-11-12-13-14-15-16-18-24(2)19-17-20-25(21,22)23/h3-20H2,1-2H3,(H,21,22,23). The van der Waals surface area contributed by atoms with Gasteiger partial charge in [0, 0.05) is 0 Å². The maximum atomic E-state index is 10.7. The van der Waals surface area contributed by atoms with Crippen LogP contribution in [0.25, 0.3) is 0 Å². The quantitative estimate of drug-likeness (QED) is 0.148. The Hall–Kier alpha value is 0.340. The number of hydrogen-bond donors (Lipinski definition) is 1. The molecule has 0 aromatic carbocycles. The lowest BCUT2D eigenvalue weighted by Gasteiger charge is -2.11. The fraction of sp³-hybridized carbons (Fsp3) is 1.00. The molecule has 0 saturated carbocycles. The van der Waals surface area contributed by atoms with Crippen LogP contribution in [0.1, 0.15) is 103 Å². The van der Waals surface area contributed by atoms with E-state index >= 15 is 0 Å². The fourth-order valence-electron chi connectivity index (χ4n) is 3.20. The molecule has 0 bridgehead atoms. The smallest absolute Gasteiger partial charge is 0.264 e. The highest BCUT2D eigenvalue weighted by molar-refractivity contribution is 7.85. The van der Waals surface area contributed by atoms with E-state index in [0.29, 0.717) is 6.42 Å². The summed E-state index contributed by atoms with van der Waals surface area (Å²) in [7, 11) is -3.81. The Morgan fingerprint density at radius 1 is 0.640 bits per heavy atom. The van der Waals surface area contributed by atoms with Gasteiger partial charge in [-0.15, -0.1) is 7.92 Å². The van der Waals surface area contributed by atoms with Crippen molar-refractivity contribution < 1.29 is 13.0 Å². The summed E-state index contributed by atoms with van der Waals surface area (Å²) >= 11 is 0. The summed E-state index contributed by atoms with van der Waals surface area (Å²) in [5.41, 5.74) is 0. The molecular weight excluding hydrogens is 351 g/mol. The first-order chi connectivity index (χ1) is 12.0. The van der Waals surface area contributed by atoms with Crippen molar-refractivity contribution in [2.45, 2.75) is 103 Å². The molecule has 0 amide bonds. The molecule has 5 heteroatoms. The van der Waals surface area contributed by atoms with E-state index in [4.69, 9.17) is 4.55 Å². The molecule has 0 aliphatic rings. The van der Waals surface area contributed by atoms with Gasteiger partial charge in [-0.2, -0.15) is 8.42 Å². The molecule has 0 aromatic heterocycles. The van der Waals surface area contributed by atoms with E-state index in [9.17, 15) is 8.42 Å². The Labute approximate surface area is 159 Å². The van der Waals surface area contributed by atoms with Gasteiger partial charge in [0.1, 0.15) is 0 Å². The molecule has 152 valence electrons. The minimum atomic E-state index is -3.76. The summed E-state index contributed by atoms with van der Waals surface area (Å²) in [5.74, 6) is -0.0710. The van der Waals surface area contributed by atoms with E-state index in [1.54, 1.807) is 0 Å². The van der Waals surface area contributed by atoms with Gasteiger partial charge in [0.2, 0.25) is 0 Å². The first kappa shape index (κ1) is 25.3. The van der Waals surface area contributed by atoms with Crippen LogP contribution in [0.5, 0.6) is 0 Å². The Bertz CT molecular complexity index is 371. The predicted molar refractivity (Wildman–Crippen MR) is 114 cm³/mol. The van der Waals surface area contributed by atoms with E-state index < -0.39 is 10.1 Å². The van der Waals surface area contributed by atoms with E-state index in [1.165, 1.54) is 96.1 Å². The number of rotatable bonds is 19. The summed E-state index contributed by atoms with van der Waals surface area (Å²) in [6.07, 6.45) is 22.3. The van der Waals surface area contributed by atoms with E-state index in [2.05, 4.69) is 13.6 Å². The maximum Gasteiger partial charge on any atom is 0.264 e. The highest BCUT2D eigenvalue weighted by Gasteiger charge is 2.06. The topological polar surface area (TPSA) is 54.4 Å². The van der Waals surface area contributed by atoms with Crippen LogP contribution < -0.4 is 0 Å². The molecule has 1 atom stereocenters. The second kappa shape index (κ2) is 17.7. The Morgan fingerprint density at radius 3 is 1.40 bits per heavy atom. The van der Waals surface area contributed by atoms with E-state index in [1.807, 2.05) is 0 Å². The zero-order valence-electron chi connectivity index (χ0n) is 16.8. The Morgan fingerprint density at radius 2 is 1.00 bits per heavy atom. The lowest BCUT2D eigenvalue weighted by molar-refractivity contribution is 0.482. The SMILES string of the molecule is CCCCCCCCCCCCCCCCP(C)CCCS(=O)(=O)O. The van der Waals surface area contributed by atoms with Crippen molar-refractivity contribution in [1.82, 2.24) is 0 Å². The molecule has 0 aromatic rings. The third kappa shape index (κ3) is 22.3. The summed E-state index contributed by atoms with van der Waals surface area (Å²) in [5, 5.41) is 0. The van der Waals surface area contributed by atoms with E-state index in [-0.39, 0.29) is 13.7 Å². The first-order valence-electron chi connectivity index (χ1n) is 10.6. The molecule has 0 spiro atoms. The van der Waals surface area contributed by atoms with Crippen molar-refractivity contribution in [2.75, 3.05) is 24.7 Å². The molecular formula is C20H43O3PS. The molecule has 0 saturated heterocycles. The second-order valence-corrected chi connectivity index (χ2v) is 11.7. The van der Waals surface area contributed by atoms with Crippen molar-refractivity contribution in [1.29, 1.82) is 0 Å². The van der Waals surface area contributed by atoms with Crippen LogP contribution in [-0.4, -0.2) is 37.7 Å². The minimum absolute atomic E-state index is 0.0497. The zero-order chi connectivity index (χ0) is 18.8. The predicted octanol–water partition coefficient (Wildman–Crippen LogP) is 6.86. The molecule has 0 rings (SSSR count). The number of unbranched alkanes of at least 4 members (excludes halogenated alkanes) is 13. The van der Waals surface area contributed by atoms with Crippen LogP contribution in [0.2, 0.25) is 0 Å². The Balaban J connectivity index is 3.18. The summed E-state index contributed by atoms with van der Waals surface area (Å²) in [6.45, 7) is 4.52. The van der Waals surface area contributed by atoms with Crippen molar-refractivity contribution >= 4 is 18.0 Å². The van der Waals surface area contributed by atoms with Gasteiger partial charge in [0.05, 0.1) is 5.75 Å². The van der Waals surface area contributed by atoms with Gasteiger partial charge >= 0.3 is 0 Å². The molecule has 1 unspecified atom stereocenters. The van der Waals surface area contributed by atoms with Crippen molar-refractivity contribution in [3.8, 4) is 0 Å². The van der Waals surface area contributed by atoms with Gasteiger partial charge in [-0.25, -0.2) is 0 Å². The highest BCUT2D eigenvalue weighted by Crippen LogP contribution is 2.32. The summed E-state index contributed by atoms with van der Waals surface area (Å²) < 4.78 is 30.1. The fourth-order valence-corrected chi connectivity index (χ4v) is 5.61. The second-order valence-electron chi connectivity index (χ2n) is 7.54. The minimum Gasteiger partial charge on any atom is -0.286 e. The van der Waals surface area contributed by atoms with Gasteiger partial charge in [0.15, 0.2) is 0 Å². The molecule has 3 nitrogen and oxygen atoms in total. The molecule has 0 aliphatic carbocycles. The van der Waals surface area contributed by atoms with Gasteiger partial charge < -0.3 is 0 Å². The first-order valence-corrected chi connectivity index (χ1v) is 14.4. The van der Waals surface area contributed by atoms with Gasteiger partial charge in [-0.3, -0.25) is 4.55 Å². The van der Waals surface area contributed by atoms with Crippen LogP contribution in [0.3, 0.4) is 0 Å². The highest BCUT2D eigenvalue weighted by atomic mass is 32.2. The van der Waals surface area contributed by atoms with Crippen LogP contribution in [0, 0.1) is 0 Å². The normalized spacial score (nSPS) is 13.2. The average Bonchev–Trinajstić information content (AvgIpc) is 2.54. The lowest BCUT2D eigenvalue weighted by Crippen LogP contribution is -2.05. The monoisotopic (exact) mass is 394 g/mol. The zero-order valence-corrected chi connectivity index (χ0v) is 18.6. The molecule has 1 N–H and O–H groups in total. The lowest BCUT2D eigenvalue weighted by atomic mass is 10.0. The molecule has 0 radical (unpaired) electrons. The maximum absolute atomic E-state index is 10.7. The van der Waals surface area contributed by atoms with Crippen LogP contribution in [0.4, 0.5) is 0 Å². The third-order valence-electron chi connectivity index (χ3n) is 4.84. The van der Waals surface area contributed by atoms with E-state index in [0.717, 1.165) is 6.16 Å². The summed E-state index contributed by atoms with van der Waals surface area (Å²) in [6, 6.07) is 0. The molecule has 0 heterocycles. The largest absolute Gasteiger partial charge is 0.286 e. The van der Waals surface area contributed by atoms with Gasteiger partial charge in [0.25, 0.3) is 10.1 Å². The van der Waals surface area contributed by atoms with Gasteiger partial charge in [-0.05, 0) is 31.8 Å². The van der Waals surface area contributed by atoms with Crippen molar-refractivity contribution in [2.24, 2.45) is 0 Å². The Kier molecular flexibility index (Phi) is 18.0. The molecule has 0 aliphatic heterocycles. The van der Waals surface area contributed by atoms with Crippen LogP contribution >= 0.6 is 7.92 Å². The number of hydrogen-bond acceptors (Lipinski definition) is 2. The average molecular weight is 395 g/mol. The van der Waals surface area contributed by atoms with Crippen LogP contribution in [0.15, 0.2) is 0 Å². The molecule has 25 heavy (non-hydrogen) atoms. The van der Waals surface area contributed by atoms with Crippen molar-refractivity contribution in [3.63, 3.8) is 0 Å². The third-order valence-corrected chi connectivity index (χ3v) is 7.80. The molecule has 0 fully saturated rings. The van der Waals surface area contributed by atoms with Crippen LogP contribution in [-0.2, 0) is 10.1 Å². The summed E-state index contributed by atoms with van der Waals surface area (Å²) in [4.78, 5) is 0. The van der Waals surface area contributed by atoms with Gasteiger partial charge in [-0.1, -0.05) is 90.4 Å².